The van der Waals surface area contributed by atoms with Gasteiger partial charge in [-0.15, -0.1) is 0 Å². The number of nitrogens with zero attached hydrogens (tertiary/aromatic N) is 2. The van der Waals surface area contributed by atoms with E-state index >= 15 is 0 Å². The standard InChI is InChI=1S/C20H20ClN2O/c1-22-13-10-17(11-14-22)4-7-19-3-2-12-23(19)15-16-24-20-8-5-18(21)6-9-20/h2-14H,15-16H2,1H3/q+1. The van der Waals surface area contributed by atoms with Gasteiger partial charge in [0.15, 0.2) is 12.4 Å². The van der Waals surface area contributed by atoms with Crippen LogP contribution in [0.15, 0.2) is 67.1 Å². The Morgan fingerprint density at radius 3 is 2.54 bits per heavy atom. The molecule has 0 fully saturated rings. The van der Waals surface area contributed by atoms with Crippen LogP contribution < -0.4 is 9.30 Å². The molecule has 0 amide bonds. The third kappa shape index (κ3) is 4.49. The van der Waals surface area contributed by atoms with Crippen molar-refractivity contribution < 1.29 is 9.30 Å². The lowest BCUT2D eigenvalue weighted by atomic mass is 10.2. The Kier molecular flexibility index (Phi) is 5.34. The number of hydrogen-bond acceptors (Lipinski definition) is 1. The predicted octanol–water partition coefficient (Wildman–Crippen LogP) is 4.22. The van der Waals surface area contributed by atoms with Crippen molar-refractivity contribution in [2.45, 2.75) is 6.54 Å². The van der Waals surface area contributed by atoms with E-state index in [-0.39, 0.29) is 0 Å². The summed E-state index contributed by atoms with van der Waals surface area (Å²) in [6, 6.07) is 15.8. The summed E-state index contributed by atoms with van der Waals surface area (Å²) in [6.45, 7) is 1.40. The van der Waals surface area contributed by atoms with Crippen LogP contribution in [0.4, 0.5) is 0 Å². The zero-order chi connectivity index (χ0) is 16.8. The molecule has 2 heterocycles. The number of aromatic nitrogens is 2. The van der Waals surface area contributed by atoms with Gasteiger partial charge in [-0.05, 0) is 48.0 Å². The first-order chi connectivity index (χ1) is 11.7. The third-order valence-electron chi connectivity index (χ3n) is 3.73. The maximum absolute atomic E-state index is 5.87. The molecule has 122 valence electrons. The summed E-state index contributed by atoms with van der Waals surface area (Å²) in [5.74, 6) is 0.834. The minimum absolute atomic E-state index is 0.609. The molecule has 3 nitrogen and oxygen atoms in total. The first-order valence-corrected chi connectivity index (χ1v) is 8.25. The highest BCUT2D eigenvalue weighted by Gasteiger charge is 1.99. The SMILES string of the molecule is C[n+]1ccc(/C=C/c2cccn2CCOc2ccc(Cl)cc2)cc1. The molecular weight excluding hydrogens is 320 g/mol. The van der Waals surface area contributed by atoms with Crippen LogP contribution in [0.5, 0.6) is 5.75 Å². The number of ether oxygens (including phenoxy) is 1. The van der Waals surface area contributed by atoms with Crippen molar-refractivity contribution >= 4 is 23.8 Å². The molecule has 3 rings (SSSR count). The zero-order valence-corrected chi connectivity index (χ0v) is 14.4. The fraction of sp³-hybridized carbons (Fsp3) is 0.150. The normalized spacial score (nSPS) is 11.1. The van der Waals surface area contributed by atoms with Crippen LogP contribution in [-0.2, 0) is 13.6 Å². The van der Waals surface area contributed by atoms with Gasteiger partial charge in [0, 0.05) is 29.0 Å². The maximum Gasteiger partial charge on any atom is 0.169 e. The third-order valence-corrected chi connectivity index (χ3v) is 3.98. The lowest BCUT2D eigenvalue weighted by Crippen LogP contribution is -2.25. The van der Waals surface area contributed by atoms with Gasteiger partial charge in [-0.2, -0.15) is 0 Å². The number of pyridine rings is 1. The fourth-order valence-corrected chi connectivity index (χ4v) is 2.51. The van der Waals surface area contributed by atoms with E-state index in [1.165, 1.54) is 5.56 Å². The molecule has 0 atom stereocenters. The fourth-order valence-electron chi connectivity index (χ4n) is 2.38. The number of hydrogen-bond donors (Lipinski definition) is 0. The molecule has 0 saturated carbocycles. The van der Waals surface area contributed by atoms with Gasteiger partial charge in [0.05, 0.1) is 6.54 Å². The Balaban J connectivity index is 1.58. The Hall–Kier alpha value is -2.52. The van der Waals surface area contributed by atoms with Crippen molar-refractivity contribution in [2.75, 3.05) is 6.61 Å². The lowest BCUT2D eigenvalue weighted by molar-refractivity contribution is -0.671. The summed E-state index contributed by atoms with van der Waals surface area (Å²) >= 11 is 5.87. The minimum atomic E-state index is 0.609. The van der Waals surface area contributed by atoms with Crippen LogP contribution in [0.25, 0.3) is 12.2 Å². The molecule has 24 heavy (non-hydrogen) atoms. The molecule has 0 aliphatic heterocycles. The Morgan fingerprint density at radius 2 is 1.79 bits per heavy atom. The van der Waals surface area contributed by atoms with Gasteiger partial charge in [0.2, 0.25) is 0 Å². The molecule has 0 N–H and O–H groups in total. The van der Waals surface area contributed by atoms with Crippen LogP contribution >= 0.6 is 11.6 Å². The van der Waals surface area contributed by atoms with E-state index in [2.05, 4.69) is 41.1 Å². The summed E-state index contributed by atoms with van der Waals surface area (Å²) in [7, 11) is 2.01. The second-order valence-corrected chi connectivity index (χ2v) is 6.00. The number of benzene rings is 1. The van der Waals surface area contributed by atoms with Gasteiger partial charge < -0.3 is 9.30 Å². The number of aryl methyl sites for hydroxylation is 1. The minimum Gasteiger partial charge on any atom is -0.492 e. The van der Waals surface area contributed by atoms with Crippen LogP contribution in [0.1, 0.15) is 11.3 Å². The second-order valence-electron chi connectivity index (χ2n) is 5.56. The molecule has 0 aliphatic carbocycles. The van der Waals surface area contributed by atoms with Crippen LogP contribution in [-0.4, -0.2) is 11.2 Å². The van der Waals surface area contributed by atoms with Crippen molar-refractivity contribution in [1.29, 1.82) is 0 Å². The Morgan fingerprint density at radius 1 is 1.04 bits per heavy atom. The quantitative estimate of drug-likeness (QED) is 0.615. The lowest BCUT2D eigenvalue weighted by Gasteiger charge is -2.09. The van der Waals surface area contributed by atoms with Gasteiger partial charge >= 0.3 is 0 Å². The highest BCUT2D eigenvalue weighted by Crippen LogP contribution is 2.16. The smallest absolute Gasteiger partial charge is 0.169 e. The van der Waals surface area contributed by atoms with E-state index in [1.807, 2.05) is 54.3 Å². The average molecular weight is 340 g/mol. The zero-order valence-electron chi connectivity index (χ0n) is 13.6. The summed E-state index contributed by atoms with van der Waals surface area (Å²) < 4.78 is 9.96. The van der Waals surface area contributed by atoms with E-state index in [1.54, 1.807) is 0 Å². The van der Waals surface area contributed by atoms with E-state index in [0.717, 1.165) is 23.0 Å². The topological polar surface area (TPSA) is 18.0 Å². The molecule has 1 aromatic carbocycles. The van der Waals surface area contributed by atoms with E-state index in [0.29, 0.717) is 6.61 Å². The number of rotatable bonds is 6. The van der Waals surface area contributed by atoms with Crippen LogP contribution in [0.2, 0.25) is 5.02 Å². The molecule has 0 radical (unpaired) electrons. The van der Waals surface area contributed by atoms with Gasteiger partial charge in [-0.25, -0.2) is 4.57 Å². The highest BCUT2D eigenvalue weighted by atomic mass is 35.5. The average Bonchev–Trinajstić information content (AvgIpc) is 3.04. The summed E-state index contributed by atoms with van der Waals surface area (Å²) in [4.78, 5) is 0. The molecule has 2 aromatic heterocycles. The first kappa shape index (κ1) is 16.3. The van der Waals surface area contributed by atoms with Crippen molar-refractivity contribution in [1.82, 2.24) is 4.57 Å². The first-order valence-electron chi connectivity index (χ1n) is 7.87. The summed E-state index contributed by atoms with van der Waals surface area (Å²) in [6.07, 6.45) is 10.4. The second kappa shape index (κ2) is 7.84. The van der Waals surface area contributed by atoms with Crippen molar-refractivity contribution in [3.05, 3.63) is 83.4 Å². The van der Waals surface area contributed by atoms with Gasteiger partial charge in [0.1, 0.15) is 19.4 Å². The summed E-state index contributed by atoms with van der Waals surface area (Å²) in [5.41, 5.74) is 2.33. The van der Waals surface area contributed by atoms with E-state index in [4.69, 9.17) is 16.3 Å². The Labute approximate surface area is 147 Å². The molecule has 0 spiro atoms. The molecule has 0 unspecified atom stereocenters. The van der Waals surface area contributed by atoms with Gasteiger partial charge in [-0.1, -0.05) is 17.7 Å². The van der Waals surface area contributed by atoms with E-state index < -0.39 is 0 Å². The summed E-state index contributed by atoms with van der Waals surface area (Å²) in [5, 5.41) is 0.717. The van der Waals surface area contributed by atoms with Crippen molar-refractivity contribution in [2.24, 2.45) is 7.05 Å². The molecule has 0 bridgehead atoms. The van der Waals surface area contributed by atoms with Crippen molar-refractivity contribution in [3.63, 3.8) is 0 Å². The highest BCUT2D eigenvalue weighted by molar-refractivity contribution is 6.30. The van der Waals surface area contributed by atoms with Gasteiger partial charge in [-0.3, -0.25) is 0 Å². The Bertz CT molecular complexity index is 804. The molecule has 4 heteroatoms. The maximum atomic E-state index is 5.87. The van der Waals surface area contributed by atoms with Crippen LogP contribution in [0, 0.1) is 0 Å². The van der Waals surface area contributed by atoms with Crippen molar-refractivity contribution in [3.8, 4) is 5.75 Å². The largest absolute Gasteiger partial charge is 0.492 e. The monoisotopic (exact) mass is 339 g/mol. The predicted molar refractivity (Wildman–Crippen MR) is 97.9 cm³/mol. The van der Waals surface area contributed by atoms with Gasteiger partial charge in [0.25, 0.3) is 0 Å². The molecular formula is C20H20ClN2O+. The number of halogens is 1. The molecule has 0 saturated heterocycles. The molecule has 0 aliphatic rings. The van der Waals surface area contributed by atoms with Crippen LogP contribution in [0.3, 0.4) is 0 Å². The molecule has 3 aromatic rings. The van der Waals surface area contributed by atoms with E-state index in [9.17, 15) is 0 Å².